The van der Waals surface area contributed by atoms with Gasteiger partial charge in [-0.2, -0.15) is 0 Å². The molecule has 2 atom stereocenters. The van der Waals surface area contributed by atoms with Crippen LogP contribution < -0.4 is 5.73 Å². The molecule has 118 valence electrons. The fourth-order valence-corrected chi connectivity index (χ4v) is 3.65. The van der Waals surface area contributed by atoms with Gasteiger partial charge in [0.2, 0.25) is 0 Å². The summed E-state index contributed by atoms with van der Waals surface area (Å²) in [6.07, 6.45) is 5.05. The molecule has 2 N–H and O–H groups in total. The van der Waals surface area contributed by atoms with E-state index in [4.69, 9.17) is 5.73 Å². The third kappa shape index (κ3) is 3.47. The van der Waals surface area contributed by atoms with Crippen molar-refractivity contribution in [1.29, 1.82) is 0 Å². The lowest BCUT2D eigenvalue weighted by Crippen LogP contribution is -2.58. The molecular weight excluding hydrogens is 258 g/mol. The van der Waals surface area contributed by atoms with Gasteiger partial charge in [-0.1, -0.05) is 37.3 Å². The van der Waals surface area contributed by atoms with Gasteiger partial charge in [-0.25, -0.2) is 0 Å². The van der Waals surface area contributed by atoms with Gasteiger partial charge in [-0.15, -0.1) is 0 Å². The van der Waals surface area contributed by atoms with Crippen molar-refractivity contribution in [2.45, 2.75) is 50.2 Å². The Bertz CT molecular complexity index is 425. The van der Waals surface area contributed by atoms with Crippen LogP contribution in [0.4, 0.5) is 0 Å². The number of rotatable bonds is 7. The van der Waals surface area contributed by atoms with E-state index in [-0.39, 0.29) is 6.04 Å². The number of hydrogen-bond acceptors (Lipinski definition) is 3. The third-order valence-electron chi connectivity index (χ3n) is 5.36. The Morgan fingerprint density at radius 2 is 1.76 bits per heavy atom. The van der Waals surface area contributed by atoms with Gasteiger partial charge < -0.3 is 10.6 Å². The Hall–Kier alpha value is -0.900. The fourth-order valence-electron chi connectivity index (χ4n) is 3.65. The highest BCUT2D eigenvalue weighted by Gasteiger charge is 2.41. The summed E-state index contributed by atoms with van der Waals surface area (Å²) in [4.78, 5) is 4.89. The zero-order valence-corrected chi connectivity index (χ0v) is 14.0. The number of nitrogens with zero attached hydrogens (tertiary/aromatic N) is 2. The van der Waals surface area contributed by atoms with E-state index in [1.165, 1.54) is 24.8 Å². The second-order valence-corrected chi connectivity index (χ2v) is 6.80. The van der Waals surface area contributed by atoms with Gasteiger partial charge in [0.15, 0.2) is 0 Å². The van der Waals surface area contributed by atoms with Gasteiger partial charge in [0.05, 0.1) is 0 Å². The van der Waals surface area contributed by atoms with E-state index in [0.717, 1.165) is 13.0 Å². The van der Waals surface area contributed by atoms with E-state index in [9.17, 15) is 0 Å². The molecule has 0 aliphatic heterocycles. The first-order valence-electron chi connectivity index (χ1n) is 8.18. The Morgan fingerprint density at radius 3 is 2.19 bits per heavy atom. The molecule has 1 saturated carbocycles. The summed E-state index contributed by atoms with van der Waals surface area (Å²) in [5.74, 6) is 0. The molecule has 2 rings (SSSR count). The quantitative estimate of drug-likeness (QED) is 0.838. The minimum Gasteiger partial charge on any atom is -0.323 e. The van der Waals surface area contributed by atoms with Crippen LogP contribution in [0.1, 0.15) is 44.2 Å². The number of hydrogen-bond donors (Lipinski definition) is 1. The number of likely N-dealkylation sites (N-methyl/N-ethyl adjacent to an activating group) is 2. The van der Waals surface area contributed by atoms with E-state index in [1.54, 1.807) is 0 Å². The van der Waals surface area contributed by atoms with Crippen LogP contribution in [-0.4, -0.2) is 49.1 Å². The summed E-state index contributed by atoms with van der Waals surface area (Å²) in [6.45, 7) is 3.35. The van der Waals surface area contributed by atoms with Gasteiger partial charge in [0.25, 0.3) is 0 Å². The average Bonchev–Trinajstić information content (AvgIpc) is 2.44. The second-order valence-electron chi connectivity index (χ2n) is 6.80. The SMILES string of the molecule is CCC(C(N)c1ccccc1)N(C)CC1(N(C)C)CCC1. The molecule has 1 aromatic carbocycles. The molecule has 0 spiro atoms. The van der Waals surface area contributed by atoms with E-state index in [2.05, 4.69) is 68.2 Å². The predicted molar refractivity (Wildman–Crippen MR) is 90.3 cm³/mol. The molecule has 0 amide bonds. The minimum absolute atomic E-state index is 0.0838. The number of nitrogens with two attached hydrogens (primary N) is 1. The maximum atomic E-state index is 6.55. The van der Waals surface area contributed by atoms with Gasteiger partial charge in [-0.05, 0) is 52.4 Å². The summed E-state index contributed by atoms with van der Waals surface area (Å²) in [7, 11) is 6.66. The largest absolute Gasteiger partial charge is 0.323 e. The van der Waals surface area contributed by atoms with Crippen molar-refractivity contribution in [1.82, 2.24) is 9.80 Å². The van der Waals surface area contributed by atoms with Gasteiger partial charge in [0, 0.05) is 24.2 Å². The lowest BCUT2D eigenvalue weighted by Gasteiger charge is -2.51. The normalized spacial score (nSPS) is 20.3. The van der Waals surface area contributed by atoms with Crippen LogP contribution in [0.3, 0.4) is 0 Å². The van der Waals surface area contributed by atoms with Gasteiger partial charge in [-0.3, -0.25) is 4.90 Å². The highest BCUT2D eigenvalue weighted by Crippen LogP contribution is 2.37. The summed E-state index contributed by atoms with van der Waals surface area (Å²) >= 11 is 0. The third-order valence-corrected chi connectivity index (χ3v) is 5.36. The molecule has 0 radical (unpaired) electrons. The molecule has 0 saturated heterocycles. The highest BCUT2D eigenvalue weighted by atomic mass is 15.2. The lowest BCUT2D eigenvalue weighted by atomic mass is 9.75. The summed E-state index contributed by atoms with van der Waals surface area (Å²) in [5.41, 5.74) is 8.15. The molecule has 1 aliphatic carbocycles. The van der Waals surface area contributed by atoms with E-state index in [1.807, 2.05) is 0 Å². The molecular formula is C18H31N3. The van der Waals surface area contributed by atoms with Crippen molar-refractivity contribution >= 4 is 0 Å². The Labute approximate surface area is 130 Å². The lowest BCUT2D eigenvalue weighted by molar-refractivity contribution is 0.0120. The molecule has 1 aliphatic rings. The van der Waals surface area contributed by atoms with E-state index < -0.39 is 0 Å². The van der Waals surface area contributed by atoms with Crippen LogP contribution in [0.2, 0.25) is 0 Å². The predicted octanol–water partition coefficient (Wildman–Crippen LogP) is 2.88. The summed E-state index contributed by atoms with van der Waals surface area (Å²) < 4.78 is 0. The van der Waals surface area contributed by atoms with Crippen LogP contribution in [-0.2, 0) is 0 Å². The zero-order valence-electron chi connectivity index (χ0n) is 14.0. The molecule has 0 aromatic heterocycles. The zero-order chi connectivity index (χ0) is 15.5. The molecule has 1 aromatic rings. The molecule has 21 heavy (non-hydrogen) atoms. The Balaban J connectivity index is 2.06. The minimum atomic E-state index is 0.0838. The van der Waals surface area contributed by atoms with Crippen molar-refractivity contribution in [3.8, 4) is 0 Å². The monoisotopic (exact) mass is 289 g/mol. The second kappa shape index (κ2) is 6.91. The summed E-state index contributed by atoms with van der Waals surface area (Å²) in [6, 6.07) is 11.0. The average molecular weight is 289 g/mol. The summed E-state index contributed by atoms with van der Waals surface area (Å²) in [5, 5.41) is 0. The first kappa shape index (κ1) is 16.5. The molecule has 0 heterocycles. The smallest absolute Gasteiger partial charge is 0.0452 e. The van der Waals surface area contributed by atoms with Gasteiger partial charge in [0.1, 0.15) is 0 Å². The number of benzene rings is 1. The Morgan fingerprint density at radius 1 is 1.14 bits per heavy atom. The van der Waals surface area contributed by atoms with Crippen LogP contribution >= 0.6 is 0 Å². The van der Waals surface area contributed by atoms with E-state index >= 15 is 0 Å². The molecule has 0 bridgehead atoms. The molecule has 2 unspecified atom stereocenters. The van der Waals surface area contributed by atoms with Crippen molar-refractivity contribution < 1.29 is 0 Å². The van der Waals surface area contributed by atoms with Crippen LogP contribution in [0, 0.1) is 0 Å². The van der Waals surface area contributed by atoms with Crippen LogP contribution in [0.5, 0.6) is 0 Å². The first-order chi connectivity index (χ1) is 10.00. The van der Waals surface area contributed by atoms with Gasteiger partial charge >= 0.3 is 0 Å². The van der Waals surface area contributed by atoms with Crippen molar-refractivity contribution in [3.05, 3.63) is 35.9 Å². The van der Waals surface area contributed by atoms with Crippen molar-refractivity contribution in [3.63, 3.8) is 0 Å². The molecule has 3 heteroatoms. The molecule has 1 fully saturated rings. The molecule has 3 nitrogen and oxygen atoms in total. The highest BCUT2D eigenvalue weighted by molar-refractivity contribution is 5.20. The maximum absolute atomic E-state index is 6.55. The topological polar surface area (TPSA) is 32.5 Å². The Kier molecular flexibility index (Phi) is 5.42. The van der Waals surface area contributed by atoms with Crippen molar-refractivity contribution in [2.24, 2.45) is 5.73 Å². The van der Waals surface area contributed by atoms with Crippen LogP contribution in [0.15, 0.2) is 30.3 Å². The van der Waals surface area contributed by atoms with E-state index in [0.29, 0.717) is 11.6 Å². The standard InChI is InChI=1S/C18H31N3/c1-5-16(17(19)15-10-7-6-8-11-15)21(4)14-18(20(2)3)12-9-13-18/h6-8,10-11,16-17H,5,9,12-14,19H2,1-4H3. The maximum Gasteiger partial charge on any atom is 0.0452 e. The fraction of sp³-hybridized carbons (Fsp3) is 0.667. The van der Waals surface area contributed by atoms with Crippen LogP contribution in [0.25, 0.3) is 0 Å². The van der Waals surface area contributed by atoms with Crippen molar-refractivity contribution in [2.75, 3.05) is 27.7 Å². The first-order valence-corrected chi connectivity index (χ1v) is 8.18.